The monoisotopic (exact) mass is 483 g/mol. The normalized spacial score (nSPS) is 25.1. The summed E-state index contributed by atoms with van der Waals surface area (Å²) in [7, 11) is 0. The van der Waals surface area contributed by atoms with E-state index >= 15 is 0 Å². The maximum absolute atomic E-state index is 13.6. The van der Waals surface area contributed by atoms with Gasteiger partial charge in [-0.3, -0.25) is 24.1 Å². The minimum Gasteiger partial charge on any atom is -0.481 e. The number of hydrogen-bond donors (Lipinski definition) is 2. The fourth-order valence-corrected chi connectivity index (χ4v) is 5.82. The fourth-order valence-electron chi connectivity index (χ4n) is 5.82. The number of carbonyl (C=O) groups excluding carboxylic acids is 4. The van der Waals surface area contributed by atoms with E-state index in [9.17, 15) is 29.1 Å². The molecule has 0 unspecified atom stereocenters. The summed E-state index contributed by atoms with van der Waals surface area (Å²) in [5.74, 6) is -2.25. The molecule has 186 valence electrons. The zero-order valence-electron chi connectivity index (χ0n) is 19.4. The highest BCUT2D eigenvalue weighted by Gasteiger charge is 2.68. The van der Waals surface area contributed by atoms with Crippen LogP contribution >= 0.6 is 0 Å². The number of rotatable bonds is 7. The van der Waals surface area contributed by atoms with Crippen molar-refractivity contribution in [2.75, 3.05) is 6.54 Å². The van der Waals surface area contributed by atoms with Crippen molar-refractivity contribution >= 4 is 29.8 Å². The third kappa shape index (κ3) is 4.15. The number of ether oxygens (including phenoxy) is 1. The predicted molar refractivity (Wildman–Crippen MR) is 121 cm³/mol. The molecule has 2 N–H and O–H groups in total. The first kappa shape index (κ1) is 23.3. The number of likely N-dealkylation sites (tertiary alicyclic amines) is 2. The lowest BCUT2D eigenvalue weighted by Crippen LogP contribution is -2.57. The Labute approximate surface area is 202 Å². The molecule has 2 saturated heterocycles. The van der Waals surface area contributed by atoms with Crippen LogP contribution < -0.4 is 5.32 Å². The highest BCUT2D eigenvalue weighted by atomic mass is 16.5. The van der Waals surface area contributed by atoms with Gasteiger partial charge in [-0.25, -0.2) is 4.79 Å². The Balaban J connectivity index is 1.32. The summed E-state index contributed by atoms with van der Waals surface area (Å²) in [6.45, 7) is 0.277. The molecule has 0 bridgehead atoms. The number of fused-ring (bicyclic) bond motifs is 2. The van der Waals surface area contributed by atoms with Crippen LogP contribution in [0.15, 0.2) is 30.3 Å². The molecule has 5 rings (SSSR count). The second kappa shape index (κ2) is 8.98. The van der Waals surface area contributed by atoms with Gasteiger partial charge in [0.25, 0.3) is 0 Å². The number of carboxylic acids is 1. The second-order valence-electron chi connectivity index (χ2n) is 9.99. The number of aliphatic carboxylic acids is 1. The number of carbonyl (C=O) groups is 5. The third-order valence-electron chi connectivity index (χ3n) is 7.78. The molecule has 2 aliphatic carbocycles. The van der Waals surface area contributed by atoms with Gasteiger partial charge in [0.2, 0.25) is 17.7 Å². The van der Waals surface area contributed by atoms with Crippen LogP contribution in [0.25, 0.3) is 0 Å². The SMILES string of the molecule is O=C(O)C[C@H](NC(=O)OCc1ccccc1)C(=O)N1CC[C@H]2[C@H]1C1(CCC1)C(=O)N2C(=O)C1CC1. The van der Waals surface area contributed by atoms with E-state index in [1.807, 2.05) is 6.07 Å². The maximum atomic E-state index is 13.6. The van der Waals surface area contributed by atoms with Crippen molar-refractivity contribution in [2.45, 2.75) is 69.7 Å². The Kier molecular flexibility index (Phi) is 5.98. The molecule has 2 saturated carbocycles. The van der Waals surface area contributed by atoms with E-state index < -0.39 is 47.9 Å². The molecule has 1 aromatic rings. The topological polar surface area (TPSA) is 133 Å². The number of benzene rings is 1. The van der Waals surface area contributed by atoms with Crippen LogP contribution in [-0.2, 0) is 30.5 Å². The van der Waals surface area contributed by atoms with Gasteiger partial charge in [-0.1, -0.05) is 36.8 Å². The highest BCUT2D eigenvalue weighted by Crippen LogP contribution is 2.56. The van der Waals surface area contributed by atoms with Crippen LogP contribution in [0, 0.1) is 11.3 Å². The lowest BCUT2D eigenvalue weighted by molar-refractivity contribution is -0.153. The number of nitrogens with zero attached hydrogens (tertiary/aromatic N) is 2. The zero-order chi connectivity index (χ0) is 24.7. The molecule has 10 nitrogen and oxygen atoms in total. The first-order valence-electron chi connectivity index (χ1n) is 12.2. The van der Waals surface area contributed by atoms with Gasteiger partial charge in [-0.2, -0.15) is 0 Å². The highest BCUT2D eigenvalue weighted by molar-refractivity contribution is 6.04. The lowest BCUT2D eigenvalue weighted by Gasteiger charge is -2.44. The molecule has 2 heterocycles. The maximum Gasteiger partial charge on any atom is 0.408 e. The Morgan fingerprint density at radius 3 is 2.43 bits per heavy atom. The van der Waals surface area contributed by atoms with Gasteiger partial charge in [0.1, 0.15) is 12.6 Å². The molecular formula is C25H29N3O7. The molecule has 0 aromatic heterocycles. The van der Waals surface area contributed by atoms with Crippen molar-refractivity contribution in [2.24, 2.45) is 11.3 Å². The van der Waals surface area contributed by atoms with E-state index in [0.29, 0.717) is 25.8 Å². The number of amides is 4. The van der Waals surface area contributed by atoms with Crippen molar-refractivity contribution in [3.63, 3.8) is 0 Å². The summed E-state index contributed by atoms with van der Waals surface area (Å²) in [5, 5.41) is 11.8. The zero-order valence-corrected chi connectivity index (χ0v) is 19.4. The minimum atomic E-state index is -1.34. The molecule has 1 spiro atoms. The van der Waals surface area contributed by atoms with Gasteiger partial charge in [-0.05, 0) is 37.7 Å². The van der Waals surface area contributed by atoms with Crippen molar-refractivity contribution in [3.8, 4) is 0 Å². The molecule has 1 aromatic carbocycles. The summed E-state index contributed by atoms with van der Waals surface area (Å²) >= 11 is 0. The molecule has 2 aliphatic heterocycles. The van der Waals surface area contributed by atoms with E-state index in [4.69, 9.17) is 4.74 Å². The Hall–Kier alpha value is -3.43. The van der Waals surface area contributed by atoms with Crippen molar-refractivity contribution in [1.82, 2.24) is 15.1 Å². The molecule has 0 radical (unpaired) electrons. The molecule has 10 heteroatoms. The third-order valence-corrected chi connectivity index (χ3v) is 7.78. The summed E-state index contributed by atoms with van der Waals surface area (Å²) in [6, 6.07) is 6.77. The standard InChI is InChI=1S/C25H29N3O7/c29-19(30)13-17(26-24(34)35-14-15-5-2-1-3-6-15)22(32)27-12-9-18-20(27)25(10-4-11-25)23(33)28(18)21(31)16-7-8-16/h1-3,5-6,16-18,20H,4,7-14H2,(H,26,34)(H,29,30)/t17-,18-,20-/m0/s1. The molecular weight excluding hydrogens is 454 g/mol. The van der Waals surface area contributed by atoms with Gasteiger partial charge >= 0.3 is 12.1 Å². The van der Waals surface area contributed by atoms with E-state index in [1.54, 1.807) is 24.3 Å². The fraction of sp³-hybridized carbons (Fsp3) is 0.560. The number of hydrogen-bond acceptors (Lipinski definition) is 6. The quantitative estimate of drug-likeness (QED) is 0.564. The van der Waals surface area contributed by atoms with E-state index in [-0.39, 0.29) is 24.3 Å². The molecule has 35 heavy (non-hydrogen) atoms. The molecule has 4 aliphatic rings. The summed E-state index contributed by atoms with van der Waals surface area (Å²) in [6.07, 6.45) is 2.56. The predicted octanol–water partition coefficient (Wildman–Crippen LogP) is 1.67. The van der Waals surface area contributed by atoms with Crippen LogP contribution in [0.3, 0.4) is 0 Å². The minimum absolute atomic E-state index is 0.0229. The van der Waals surface area contributed by atoms with Gasteiger partial charge in [-0.15, -0.1) is 0 Å². The van der Waals surface area contributed by atoms with Gasteiger partial charge in [0, 0.05) is 12.5 Å². The number of alkyl carbamates (subject to hydrolysis) is 1. The number of imide groups is 1. The summed E-state index contributed by atoms with van der Waals surface area (Å²) in [4.78, 5) is 66.8. The largest absolute Gasteiger partial charge is 0.481 e. The van der Waals surface area contributed by atoms with Crippen LogP contribution in [0.4, 0.5) is 4.79 Å². The van der Waals surface area contributed by atoms with Crippen LogP contribution in [0.5, 0.6) is 0 Å². The van der Waals surface area contributed by atoms with Crippen molar-refractivity contribution < 1.29 is 33.8 Å². The van der Waals surface area contributed by atoms with E-state index in [2.05, 4.69) is 5.32 Å². The number of nitrogens with one attached hydrogen (secondary N) is 1. The first-order valence-corrected chi connectivity index (χ1v) is 12.2. The molecule has 4 fully saturated rings. The average Bonchev–Trinajstić information content (AvgIpc) is 3.52. The second-order valence-corrected chi connectivity index (χ2v) is 9.99. The van der Waals surface area contributed by atoms with Crippen LogP contribution in [0.2, 0.25) is 0 Å². The van der Waals surface area contributed by atoms with Crippen LogP contribution in [-0.4, -0.2) is 69.4 Å². The Morgan fingerprint density at radius 1 is 1.11 bits per heavy atom. The molecule has 4 amide bonds. The smallest absolute Gasteiger partial charge is 0.408 e. The lowest BCUT2D eigenvalue weighted by atomic mass is 9.64. The van der Waals surface area contributed by atoms with E-state index in [0.717, 1.165) is 24.8 Å². The Morgan fingerprint density at radius 2 is 1.83 bits per heavy atom. The summed E-state index contributed by atoms with van der Waals surface area (Å²) < 4.78 is 5.19. The van der Waals surface area contributed by atoms with Crippen molar-refractivity contribution in [1.29, 1.82) is 0 Å². The van der Waals surface area contributed by atoms with Crippen molar-refractivity contribution in [3.05, 3.63) is 35.9 Å². The number of carboxylic acid groups (broad SMARTS) is 1. The van der Waals surface area contributed by atoms with Gasteiger partial charge in [0.15, 0.2) is 0 Å². The van der Waals surface area contributed by atoms with E-state index in [1.165, 1.54) is 9.80 Å². The van der Waals surface area contributed by atoms with Gasteiger partial charge in [0.05, 0.1) is 23.9 Å². The Bertz CT molecular complexity index is 1050. The first-order chi connectivity index (χ1) is 16.8. The van der Waals surface area contributed by atoms with Crippen LogP contribution in [0.1, 0.15) is 50.5 Å². The summed E-state index contributed by atoms with van der Waals surface area (Å²) in [5.41, 5.74) is -0.0360. The van der Waals surface area contributed by atoms with Gasteiger partial charge < -0.3 is 20.1 Å². The average molecular weight is 484 g/mol. The molecule has 3 atom stereocenters.